The predicted molar refractivity (Wildman–Crippen MR) is 69.2 cm³/mol. The molecule has 2 unspecified atom stereocenters. The molecule has 1 aliphatic carbocycles. The Hall–Kier alpha value is -1.55. The molecule has 1 saturated heterocycles. The summed E-state index contributed by atoms with van der Waals surface area (Å²) < 4.78 is 5.71. The fraction of sp³-hybridized carbons (Fsp3) is 0.500. The second-order valence-corrected chi connectivity index (χ2v) is 5.17. The van der Waals surface area contributed by atoms with Gasteiger partial charge in [0.1, 0.15) is 0 Å². The van der Waals surface area contributed by atoms with Crippen LogP contribution in [0.4, 0.5) is 5.69 Å². The van der Waals surface area contributed by atoms with Crippen LogP contribution >= 0.6 is 0 Å². The average molecular weight is 246 g/mol. The maximum Gasteiger partial charge on any atom is 0.251 e. The Bertz CT molecular complexity index is 457. The molecule has 18 heavy (non-hydrogen) atoms. The Morgan fingerprint density at radius 1 is 1.33 bits per heavy atom. The lowest BCUT2D eigenvalue weighted by Crippen LogP contribution is -2.41. The third-order valence-electron chi connectivity index (χ3n) is 3.69. The molecule has 2 aliphatic rings. The molecule has 1 aromatic carbocycles. The first-order chi connectivity index (χ1) is 8.74. The number of rotatable bonds is 3. The maximum atomic E-state index is 12.1. The van der Waals surface area contributed by atoms with Gasteiger partial charge in [-0.25, -0.2) is 0 Å². The molecule has 0 spiro atoms. The molecule has 4 heteroatoms. The molecule has 1 aromatic rings. The van der Waals surface area contributed by atoms with Crippen LogP contribution in [-0.4, -0.2) is 24.7 Å². The summed E-state index contributed by atoms with van der Waals surface area (Å²) in [5.41, 5.74) is 6.92. The number of nitrogens with one attached hydrogen (secondary N) is 1. The molecule has 0 aromatic heterocycles. The SMILES string of the molecule is Nc1cccc(C(=O)NC2CCOC2C2CC2)c1. The summed E-state index contributed by atoms with van der Waals surface area (Å²) in [5, 5.41) is 3.07. The van der Waals surface area contributed by atoms with Gasteiger partial charge in [0.25, 0.3) is 5.91 Å². The zero-order valence-corrected chi connectivity index (χ0v) is 10.3. The Morgan fingerprint density at radius 2 is 2.17 bits per heavy atom. The summed E-state index contributed by atoms with van der Waals surface area (Å²) in [6.45, 7) is 0.753. The minimum absolute atomic E-state index is 0.0524. The van der Waals surface area contributed by atoms with Crippen molar-refractivity contribution in [3.63, 3.8) is 0 Å². The van der Waals surface area contributed by atoms with Gasteiger partial charge in [0.2, 0.25) is 0 Å². The Kier molecular flexibility index (Phi) is 2.96. The van der Waals surface area contributed by atoms with Gasteiger partial charge in [0, 0.05) is 17.9 Å². The third kappa shape index (κ3) is 2.34. The molecule has 3 rings (SSSR count). The number of ether oxygens (including phenoxy) is 1. The lowest BCUT2D eigenvalue weighted by molar-refractivity contribution is 0.0729. The third-order valence-corrected chi connectivity index (χ3v) is 3.69. The minimum Gasteiger partial charge on any atom is -0.399 e. The van der Waals surface area contributed by atoms with E-state index in [-0.39, 0.29) is 18.1 Å². The van der Waals surface area contributed by atoms with Gasteiger partial charge < -0.3 is 15.8 Å². The van der Waals surface area contributed by atoms with Crippen LogP contribution in [0, 0.1) is 5.92 Å². The van der Waals surface area contributed by atoms with E-state index in [1.165, 1.54) is 12.8 Å². The second-order valence-electron chi connectivity index (χ2n) is 5.17. The highest BCUT2D eigenvalue weighted by molar-refractivity contribution is 5.95. The Morgan fingerprint density at radius 3 is 2.89 bits per heavy atom. The van der Waals surface area contributed by atoms with Crippen molar-refractivity contribution in [1.29, 1.82) is 0 Å². The highest BCUT2D eigenvalue weighted by atomic mass is 16.5. The molecular weight excluding hydrogens is 228 g/mol. The molecular formula is C14H18N2O2. The summed E-state index contributed by atoms with van der Waals surface area (Å²) in [4.78, 5) is 12.1. The van der Waals surface area contributed by atoms with Gasteiger partial charge in [0.15, 0.2) is 0 Å². The molecule has 1 heterocycles. The van der Waals surface area contributed by atoms with Crippen LogP contribution in [0.15, 0.2) is 24.3 Å². The predicted octanol–water partition coefficient (Wildman–Crippen LogP) is 1.57. The molecule has 3 N–H and O–H groups in total. The van der Waals surface area contributed by atoms with Crippen molar-refractivity contribution in [2.45, 2.75) is 31.4 Å². The number of benzene rings is 1. The maximum absolute atomic E-state index is 12.1. The largest absolute Gasteiger partial charge is 0.399 e. The van der Waals surface area contributed by atoms with Crippen LogP contribution in [0.2, 0.25) is 0 Å². The number of nitrogen functional groups attached to an aromatic ring is 1. The van der Waals surface area contributed by atoms with E-state index in [1.807, 2.05) is 0 Å². The molecule has 1 aliphatic heterocycles. The first kappa shape index (κ1) is 11.5. The highest BCUT2D eigenvalue weighted by Gasteiger charge is 2.41. The van der Waals surface area contributed by atoms with Gasteiger partial charge in [-0.3, -0.25) is 4.79 Å². The number of carbonyl (C=O) groups excluding carboxylic acids is 1. The van der Waals surface area contributed by atoms with Crippen LogP contribution in [-0.2, 0) is 4.74 Å². The van der Waals surface area contributed by atoms with E-state index >= 15 is 0 Å². The molecule has 2 fully saturated rings. The van der Waals surface area contributed by atoms with Crippen LogP contribution in [0.25, 0.3) is 0 Å². The number of carbonyl (C=O) groups is 1. The monoisotopic (exact) mass is 246 g/mol. The Labute approximate surface area is 107 Å². The quantitative estimate of drug-likeness (QED) is 0.796. The van der Waals surface area contributed by atoms with Crippen molar-refractivity contribution >= 4 is 11.6 Å². The fourth-order valence-electron chi connectivity index (χ4n) is 2.59. The van der Waals surface area contributed by atoms with Gasteiger partial charge in [-0.2, -0.15) is 0 Å². The normalized spacial score (nSPS) is 27.1. The Balaban J connectivity index is 1.66. The van der Waals surface area contributed by atoms with Crippen molar-refractivity contribution in [3.8, 4) is 0 Å². The summed E-state index contributed by atoms with van der Waals surface area (Å²) >= 11 is 0. The first-order valence-corrected chi connectivity index (χ1v) is 6.52. The van der Waals surface area contributed by atoms with E-state index < -0.39 is 0 Å². The summed E-state index contributed by atoms with van der Waals surface area (Å²) in [7, 11) is 0. The standard InChI is InChI=1S/C14H18N2O2/c15-11-3-1-2-10(8-11)14(17)16-12-6-7-18-13(12)9-4-5-9/h1-3,8-9,12-13H,4-7,15H2,(H,16,17). The van der Waals surface area contributed by atoms with E-state index in [4.69, 9.17) is 10.5 Å². The number of hydrogen-bond donors (Lipinski definition) is 2. The fourth-order valence-corrected chi connectivity index (χ4v) is 2.59. The van der Waals surface area contributed by atoms with Gasteiger partial charge >= 0.3 is 0 Å². The van der Waals surface area contributed by atoms with E-state index in [0.717, 1.165) is 13.0 Å². The van der Waals surface area contributed by atoms with Crippen LogP contribution in [0.3, 0.4) is 0 Å². The van der Waals surface area contributed by atoms with E-state index in [1.54, 1.807) is 24.3 Å². The molecule has 1 amide bonds. The van der Waals surface area contributed by atoms with E-state index in [0.29, 0.717) is 17.2 Å². The topological polar surface area (TPSA) is 64.4 Å². The lowest BCUT2D eigenvalue weighted by atomic mass is 10.1. The second kappa shape index (κ2) is 4.61. The first-order valence-electron chi connectivity index (χ1n) is 6.52. The molecule has 0 bridgehead atoms. The van der Waals surface area contributed by atoms with Crippen molar-refractivity contribution < 1.29 is 9.53 Å². The number of nitrogens with two attached hydrogens (primary N) is 1. The number of anilines is 1. The van der Waals surface area contributed by atoms with Crippen LogP contribution in [0.1, 0.15) is 29.6 Å². The average Bonchev–Trinajstić information content (AvgIpc) is 3.10. The molecule has 0 radical (unpaired) electrons. The van der Waals surface area contributed by atoms with Gasteiger partial charge in [-0.1, -0.05) is 6.07 Å². The lowest BCUT2D eigenvalue weighted by Gasteiger charge is -2.19. The zero-order chi connectivity index (χ0) is 12.5. The van der Waals surface area contributed by atoms with Crippen LogP contribution < -0.4 is 11.1 Å². The van der Waals surface area contributed by atoms with Crippen molar-refractivity contribution in [2.75, 3.05) is 12.3 Å². The van der Waals surface area contributed by atoms with Gasteiger partial charge in [-0.15, -0.1) is 0 Å². The van der Waals surface area contributed by atoms with Gasteiger partial charge in [-0.05, 0) is 43.4 Å². The van der Waals surface area contributed by atoms with Crippen molar-refractivity contribution in [3.05, 3.63) is 29.8 Å². The highest BCUT2D eigenvalue weighted by Crippen LogP contribution is 2.38. The summed E-state index contributed by atoms with van der Waals surface area (Å²) in [5.74, 6) is 0.599. The molecule has 96 valence electrons. The van der Waals surface area contributed by atoms with Crippen LogP contribution in [0.5, 0.6) is 0 Å². The zero-order valence-electron chi connectivity index (χ0n) is 10.3. The molecule has 2 atom stereocenters. The van der Waals surface area contributed by atoms with E-state index in [9.17, 15) is 4.79 Å². The minimum atomic E-state index is -0.0524. The molecule has 4 nitrogen and oxygen atoms in total. The summed E-state index contributed by atoms with van der Waals surface area (Å²) in [6.07, 6.45) is 3.59. The van der Waals surface area contributed by atoms with Crippen molar-refractivity contribution in [1.82, 2.24) is 5.32 Å². The summed E-state index contributed by atoms with van der Waals surface area (Å²) in [6, 6.07) is 7.23. The number of amides is 1. The smallest absolute Gasteiger partial charge is 0.251 e. The van der Waals surface area contributed by atoms with E-state index in [2.05, 4.69) is 5.32 Å². The molecule has 1 saturated carbocycles. The number of hydrogen-bond acceptors (Lipinski definition) is 3. The van der Waals surface area contributed by atoms with Crippen molar-refractivity contribution in [2.24, 2.45) is 5.92 Å². The van der Waals surface area contributed by atoms with Gasteiger partial charge in [0.05, 0.1) is 12.1 Å².